The lowest BCUT2D eigenvalue weighted by atomic mass is 9.81. The predicted octanol–water partition coefficient (Wildman–Crippen LogP) is 5.66. The van der Waals surface area contributed by atoms with Crippen molar-refractivity contribution in [3.8, 4) is 17.5 Å². The standard InChI is InChI=1S/C42H57F2N5O10S/c1-9-25-18-24(2)12-10-11-13-27-22-42(27,37(52)47-60(55,56)40(5)16-17-40)46-34(50)31-21-29(59-35-30-15-14-28(57-7)19-26(30)20-32(45-35)58-8)23-48(31)36(51)33(25)49(38(53)54)39(3,4)41(6,43)44/h11,13-15,19-20,24-25,27,29,31,33H,9-10,12,16-18,21-23H2,1-8H3,(H,46,50)(H,47,52)(H,53,54)/b13-11-/t24-,25+,27+,29+,31-,33-,42+/m0/s1. The number of nitrogens with one attached hydrogen (secondary N) is 2. The molecular formula is C42H57F2N5O10S. The molecule has 2 aromatic rings. The highest BCUT2D eigenvalue weighted by atomic mass is 32.2. The molecule has 0 spiro atoms. The van der Waals surface area contributed by atoms with Gasteiger partial charge in [0, 0.05) is 30.7 Å². The molecule has 2 aliphatic carbocycles. The molecule has 0 unspecified atom stereocenters. The van der Waals surface area contributed by atoms with E-state index in [9.17, 15) is 27.9 Å². The molecule has 2 aliphatic heterocycles. The van der Waals surface area contributed by atoms with Crippen LogP contribution in [0.3, 0.4) is 0 Å². The average molecular weight is 862 g/mol. The zero-order chi connectivity index (χ0) is 44.2. The first-order valence-corrected chi connectivity index (χ1v) is 22.0. The Labute approximate surface area is 349 Å². The summed E-state index contributed by atoms with van der Waals surface area (Å²) in [5, 5.41) is 14.7. The molecule has 3 heterocycles. The Balaban J connectivity index is 1.45. The lowest BCUT2D eigenvalue weighted by Crippen LogP contribution is -2.67. The predicted molar refractivity (Wildman–Crippen MR) is 217 cm³/mol. The molecule has 1 saturated heterocycles. The number of carbonyl (C=O) groups is 4. The number of allylic oxidation sites excluding steroid dienone is 1. The van der Waals surface area contributed by atoms with Gasteiger partial charge in [-0.05, 0) is 94.7 Å². The first-order chi connectivity index (χ1) is 28.0. The molecule has 4 amide bonds. The van der Waals surface area contributed by atoms with Crippen LogP contribution >= 0.6 is 0 Å². The molecule has 1 aromatic carbocycles. The number of hydrogen-bond donors (Lipinski definition) is 3. The van der Waals surface area contributed by atoms with Gasteiger partial charge in [0.15, 0.2) is 0 Å². The molecule has 0 radical (unpaired) electrons. The maximum Gasteiger partial charge on any atom is 0.408 e. The van der Waals surface area contributed by atoms with E-state index in [1.54, 1.807) is 37.3 Å². The molecule has 4 aliphatic rings. The van der Waals surface area contributed by atoms with Gasteiger partial charge in [-0.3, -0.25) is 24.0 Å². The fraction of sp³-hybridized carbons (Fsp3) is 0.643. The lowest BCUT2D eigenvalue weighted by Gasteiger charge is -2.47. The highest BCUT2D eigenvalue weighted by molar-refractivity contribution is 7.91. The van der Waals surface area contributed by atoms with Crippen LogP contribution in [0.5, 0.6) is 17.5 Å². The number of ether oxygens (including phenoxy) is 3. The van der Waals surface area contributed by atoms with E-state index in [0.717, 1.165) is 18.7 Å². The van der Waals surface area contributed by atoms with Crippen LogP contribution in [0.2, 0.25) is 0 Å². The number of amides is 4. The van der Waals surface area contributed by atoms with Crippen molar-refractivity contribution in [1.29, 1.82) is 0 Å². The van der Waals surface area contributed by atoms with Gasteiger partial charge in [-0.15, -0.1) is 0 Å². The third kappa shape index (κ3) is 8.44. The molecule has 330 valence electrons. The van der Waals surface area contributed by atoms with Gasteiger partial charge in [0.2, 0.25) is 33.6 Å². The quantitative estimate of drug-likeness (QED) is 0.236. The van der Waals surface area contributed by atoms with Crippen LogP contribution in [0, 0.1) is 17.8 Å². The largest absolute Gasteiger partial charge is 0.497 e. The van der Waals surface area contributed by atoms with E-state index < -0.39 is 85.6 Å². The second kappa shape index (κ2) is 16.3. The fourth-order valence-corrected chi connectivity index (χ4v) is 9.82. The Morgan fingerprint density at radius 1 is 1.12 bits per heavy atom. The Morgan fingerprint density at radius 2 is 1.82 bits per heavy atom. The third-order valence-electron chi connectivity index (χ3n) is 13.2. The monoisotopic (exact) mass is 861 g/mol. The molecule has 1 aromatic heterocycles. The number of hydrogen-bond acceptors (Lipinski definition) is 10. The number of pyridine rings is 1. The molecule has 6 rings (SSSR count). The number of nitrogens with zero attached hydrogens (tertiary/aromatic N) is 3. The van der Waals surface area contributed by atoms with Gasteiger partial charge in [0.25, 0.3) is 11.8 Å². The molecule has 60 heavy (non-hydrogen) atoms. The molecule has 0 bridgehead atoms. The number of fused-ring (bicyclic) bond motifs is 3. The maximum absolute atomic E-state index is 15.5. The second-order valence-electron chi connectivity index (χ2n) is 17.8. The van der Waals surface area contributed by atoms with E-state index in [2.05, 4.69) is 15.0 Å². The Kier molecular flexibility index (Phi) is 12.1. The van der Waals surface area contributed by atoms with Crippen molar-refractivity contribution in [3.63, 3.8) is 0 Å². The molecular weight excluding hydrogens is 805 g/mol. The fourth-order valence-electron chi connectivity index (χ4n) is 8.51. The first-order valence-electron chi connectivity index (χ1n) is 20.5. The zero-order valence-corrected chi connectivity index (χ0v) is 36.2. The Hall–Kier alpha value is -4.74. The van der Waals surface area contributed by atoms with Crippen LogP contribution in [0.4, 0.5) is 13.6 Å². The van der Waals surface area contributed by atoms with Crippen molar-refractivity contribution in [2.75, 3.05) is 20.8 Å². The SMILES string of the molecule is CC[C@@H]1C[C@@H](C)CC/C=C\[C@@H]2C[C@@]2(C(=O)NS(=O)(=O)C2(C)CC2)NC(=O)[C@@H]2C[C@@H](Oc3nc(OC)cc4cc(OC)ccc34)CN2C(=O)[C@H]1N(C(=O)O)C(C)(C)C(C)(F)F. The molecule has 7 atom stereocenters. The molecule has 2 saturated carbocycles. The highest BCUT2D eigenvalue weighted by Gasteiger charge is 2.63. The Bertz CT molecular complexity index is 2150. The van der Waals surface area contributed by atoms with Crippen LogP contribution in [-0.2, 0) is 24.4 Å². The molecule has 18 heteroatoms. The Morgan fingerprint density at radius 3 is 2.42 bits per heavy atom. The summed E-state index contributed by atoms with van der Waals surface area (Å²) < 4.78 is 75.9. The minimum atomic E-state index is -4.10. The van der Waals surface area contributed by atoms with E-state index in [1.807, 2.05) is 13.0 Å². The van der Waals surface area contributed by atoms with Crippen molar-refractivity contribution in [1.82, 2.24) is 24.8 Å². The first kappa shape index (κ1) is 44.8. The summed E-state index contributed by atoms with van der Waals surface area (Å²) in [6.45, 7) is 7.71. The summed E-state index contributed by atoms with van der Waals surface area (Å²) in [4.78, 5) is 63.5. The number of sulfonamides is 1. The summed E-state index contributed by atoms with van der Waals surface area (Å²) in [5.41, 5.74) is -4.06. The van der Waals surface area contributed by atoms with Gasteiger partial charge in [-0.1, -0.05) is 32.4 Å². The van der Waals surface area contributed by atoms with E-state index in [-0.39, 0.29) is 43.5 Å². The number of carboxylic acid groups (broad SMARTS) is 1. The number of methoxy groups -OCH3 is 2. The van der Waals surface area contributed by atoms with Gasteiger partial charge >= 0.3 is 6.09 Å². The van der Waals surface area contributed by atoms with E-state index in [4.69, 9.17) is 14.2 Å². The average Bonchev–Trinajstić information content (AvgIpc) is 4.06. The van der Waals surface area contributed by atoms with Gasteiger partial charge in [-0.25, -0.2) is 22.0 Å². The third-order valence-corrected chi connectivity index (χ3v) is 15.4. The molecule has 3 fully saturated rings. The number of benzene rings is 1. The van der Waals surface area contributed by atoms with Crippen molar-refractivity contribution < 1.29 is 55.7 Å². The van der Waals surface area contributed by atoms with Crippen molar-refractivity contribution in [2.45, 2.75) is 133 Å². The van der Waals surface area contributed by atoms with Crippen LogP contribution in [0.25, 0.3) is 10.8 Å². The summed E-state index contributed by atoms with van der Waals surface area (Å²) in [5.74, 6) is -6.78. The topological polar surface area (TPSA) is 194 Å². The van der Waals surface area contributed by atoms with E-state index in [0.29, 0.717) is 60.4 Å². The number of carbonyl (C=O) groups excluding carboxylic acids is 3. The minimum absolute atomic E-state index is 0.0831. The van der Waals surface area contributed by atoms with Crippen molar-refractivity contribution in [3.05, 3.63) is 36.4 Å². The number of halogens is 2. The second-order valence-corrected chi connectivity index (χ2v) is 20.0. The van der Waals surface area contributed by atoms with Crippen LogP contribution in [0.15, 0.2) is 36.4 Å². The minimum Gasteiger partial charge on any atom is -0.497 e. The van der Waals surface area contributed by atoms with Crippen molar-refractivity contribution in [2.24, 2.45) is 17.8 Å². The molecule has 15 nitrogen and oxygen atoms in total. The lowest BCUT2D eigenvalue weighted by molar-refractivity contribution is -0.157. The number of alkyl halides is 2. The van der Waals surface area contributed by atoms with Crippen LogP contribution in [0.1, 0.15) is 92.9 Å². The number of rotatable bonds is 11. The van der Waals surface area contributed by atoms with Crippen LogP contribution < -0.4 is 24.2 Å². The van der Waals surface area contributed by atoms with Gasteiger partial charge in [-0.2, -0.15) is 4.98 Å². The normalized spacial score (nSPS) is 28.9. The van der Waals surface area contributed by atoms with Crippen molar-refractivity contribution >= 4 is 44.6 Å². The van der Waals surface area contributed by atoms with Gasteiger partial charge in [0.1, 0.15) is 35.0 Å². The van der Waals surface area contributed by atoms with E-state index >= 15 is 13.6 Å². The smallest absolute Gasteiger partial charge is 0.408 e. The summed E-state index contributed by atoms with van der Waals surface area (Å²) in [7, 11) is -1.16. The van der Waals surface area contributed by atoms with Gasteiger partial charge < -0.3 is 29.5 Å². The highest BCUT2D eigenvalue weighted by Crippen LogP contribution is 2.48. The molecule has 3 N–H and O–H groups in total. The van der Waals surface area contributed by atoms with Crippen LogP contribution in [-0.4, -0.2) is 113 Å². The summed E-state index contributed by atoms with van der Waals surface area (Å²) in [6.07, 6.45) is 3.25. The zero-order valence-electron chi connectivity index (χ0n) is 35.4. The van der Waals surface area contributed by atoms with Gasteiger partial charge in [0.05, 0.1) is 25.5 Å². The number of aromatic nitrogens is 1. The summed E-state index contributed by atoms with van der Waals surface area (Å²) in [6, 6.07) is 3.79. The summed E-state index contributed by atoms with van der Waals surface area (Å²) >= 11 is 0. The van der Waals surface area contributed by atoms with E-state index in [1.165, 1.54) is 21.1 Å². The maximum atomic E-state index is 15.5.